The number of phenols is 1. The van der Waals surface area contributed by atoms with Crippen molar-refractivity contribution < 1.29 is 9.84 Å². The van der Waals surface area contributed by atoms with E-state index >= 15 is 0 Å². The van der Waals surface area contributed by atoms with Gasteiger partial charge in [0.2, 0.25) is 0 Å². The van der Waals surface area contributed by atoms with Crippen LogP contribution < -0.4 is 16.0 Å². The van der Waals surface area contributed by atoms with E-state index in [4.69, 9.17) is 4.74 Å². The maximum absolute atomic E-state index is 12.7. The summed E-state index contributed by atoms with van der Waals surface area (Å²) in [7, 11) is 1.55. The van der Waals surface area contributed by atoms with Crippen molar-refractivity contribution in [2.45, 2.75) is 0 Å². The molecular weight excluding hydrogens is 336 g/mol. The van der Waals surface area contributed by atoms with E-state index in [9.17, 15) is 14.7 Å². The Morgan fingerprint density at radius 2 is 1.92 bits per heavy atom. The molecule has 0 aliphatic heterocycles. The lowest BCUT2D eigenvalue weighted by atomic mass is 10.2. The number of hydrogen-bond acceptors (Lipinski definition) is 5. The van der Waals surface area contributed by atoms with Crippen LogP contribution in [0.1, 0.15) is 5.56 Å². The van der Waals surface area contributed by atoms with Gasteiger partial charge >= 0.3 is 11.2 Å². The minimum Gasteiger partial charge on any atom is -0.507 e. The second-order valence-corrected chi connectivity index (χ2v) is 5.64. The van der Waals surface area contributed by atoms with Crippen LogP contribution in [0.15, 0.2) is 57.2 Å². The van der Waals surface area contributed by atoms with E-state index in [1.54, 1.807) is 43.5 Å². The van der Waals surface area contributed by atoms with Crippen LogP contribution in [0.25, 0.3) is 21.9 Å². The average molecular weight is 350 g/mol. The van der Waals surface area contributed by atoms with E-state index in [1.165, 1.54) is 12.3 Å². The Morgan fingerprint density at radius 3 is 2.69 bits per heavy atom. The van der Waals surface area contributed by atoms with Gasteiger partial charge in [-0.05, 0) is 24.3 Å². The minimum absolute atomic E-state index is 0.000451. The molecule has 2 aromatic carbocycles. The summed E-state index contributed by atoms with van der Waals surface area (Å²) in [6.07, 6.45) is 1.25. The Balaban J connectivity index is 1.91. The largest absolute Gasteiger partial charge is 0.507 e. The number of nitrogens with zero attached hydrogens (tertiary/aromatic N) is 2. The Kier molecular flexibility index (Phi) is 3.58. The summed E-state index contributed by atoms with van der Waals surface area (Å²) in [5.41, 5.74) is 0.417. The Morgan fingerprint density at radius 1 is 1.12 bits per heavy atom. The molecule has 0 spiro atoms. The molecule has 3 N–H and O–H groups in total. The Labute approximate surface area is 146 Å². The van der Waals surface area contributed by atoms with Crippen LogP contribution >= 0.6 is 0 Å². The lowest BCUT2D eigenvalue weighted by Crippen LogP contribution is -2.32. The fraction of sp³-hybridized carbons (Fsp3) is 0.0556. The van der Waals surface area contributed by atoms with Crippen molar-refractivity contribution in [3.63, 3.8) is 0 Å². The number of aromatic nitrogens is 3. The molecule has 26 heavy (non-hydrogen) atoms. The zero-order valence-electron chi connectivity index (χ0n) is 13.7. The van der Waals surface area contributed by atoms with Gasteiger partial charge in [0, 0.05) is 17.0 Å². The molecule has 2 heterocycles. The zero-order chi connectivity index (χ0) is 18.3. The van der Waals surface area contributed by atoms with Gasteiger partial charge in [0.1, 0.15) is 17.0 Å². The standard InChI is InChI=1S/C18H14N4O4/c1-26-11-6-7-12-13(8-11)20-16-15(12)21-18(25)22(17(16)24)19-9-10-4-2-3-5-14(10)23/h2-9,20,23H,1H3,(H,21,25). The van der Waals surface area contributed by atoms with Gasteiger partial charge in [-0.1, -0.05) is 12.1 Å². The van der Waals surface area contributed by atoms with Crippen molar-refractivity contribution in [3.8, 4) is 11.5 Å². The third-order valence-corrected chi connectivity index (χ3v) is 4.09. The molecule has 4 rings (SSSR count). The van der Waals surface area contributed by atoms with Gasteiger partial charge in [-0.3, -0.25) is 4.79 Å². The van der Waals surface area contributed by atoms with Gasteiger partial charge in [0.05, 0.1) is 24.4 Å². The van der Waals surface area contributed by atoms with Gasteiger partial charge in [-0.2, -0.15) is 5.10 Å². The highest BCUT2D eigenvalue weighted by molar-refractivity contribution is 6.04. The number of ether oxygens (including phenoxy) is 1. The lowest BCUT2D eigenvalue weighted by Gasteiger charge is -1.99. The van der Waals surface area contributed by atoms with Gasteiger partial charge in [-0.25, -0.2) is 4.79 Å². The molecule has 8 nitrogen and oxygen atoms in total. The molecule has 2 aromatic heterocycles. The normalized spacial score (nSPS) is 11.6. The number of H-pyrrole nitrogens is 2. The second kappa shape index (κ2) is 5.92. The average Bonchev–Trinajstić information content (AvgIpc) is 3.00. The number of methoxy groups -OCH3 is 1. The maximum Gasteiger partial charge on any atom is 0.350 e. The quantitative estimate of drug-likeness (QED) is 0.489. The van der Waals surface area contributed by atoms with Gasteiger partial charge < -0.3 is 19.8 Å². The van der Waals surface area contributed by atoms with Crippen molar-refractivity contribution in [1.82, 2.24) is 14.6 Å². The van der Waals surface area contributed by atoms with Crippen molar-refractivity contribution in [2.24, 2.45) is 5.10 Å². The number of hydrogen-bond donors (Lipinski definition) is 3. The predicted octanol–water partition coefficient (Wildman–Crippen LogP) is 1.77. The fourth-order valence-corrected chi connectivity index (χ4v) is 2.77. The summed E-state index contributed by atoms with van der Waals surface area (Å²) < 4.78 is 5.88. The van der Waals surface area contributed by atoms with E-state index in [-0.39, 0.29) is 11.3 Å². The molecule has 0 bridgehead atoms. The topological polar surface area (TPSA) is 112 Å². The monoisotopic (exact) mass is 350 g/mol. The number of nitrogens with one attached hydrogen (secondary N) is 2. The van der Waals surface area contributed by atoms with E-state index in [0.29, 0.717) is 32.4 Å². The summed E-state index contributed by atoms with van der Waals surface area (Å²) in [5.74, 6) is 0.629. The van der Waals surface area contributed by atoms with Crippen molar-refractivity contribution in [1.29, 1.82) is 0 Å². The van der Waals surface area contributed by atoms with E-state index in [1.807, 2.05) is 0 Å². The summed E-state index contributed by atoms with van der Waals surface area (Å²) >= 11 is 0. The molecular formula is C18H14N4O4. The van der Waals surface area contributed by atoms with Crippen LogP contribution in [0.5, 0.6) is 11.5 Å². The maximum atomic E-state index is 12.7. The first-order valence-electron chi connectivity index (χ1n) is 7.75. The molecule has 8 heteroatoms. The highest BCUT2D eigenvalue weighted by Crippen LogP contribution is 2.24. The molecule has 4 aromatic rings. The van der Waals surface area contributed by atoms with Gasteiger partial charge in [-0.15, -0.1) is 4.68 Å². The lowest BCUT2D eigenvalue weighted by molar-refractivity contribution is 0.415. The van der Waals surface area contributed by atoms with Crippen LogP contribution in [0.3, 0.4) is 0 Å². The number of phenolic OH excluding ortho intramolecular Hbond substituents is 1. The molecule has 0 aliphatic rings. The molecule has 0 aliphatic carbocycles. The fourth-order valence-electron chi connectivity index (χ4n) is 2.77. The van der Waals surface area contributed by atoms with Crippen LogP contribution in [0.2, 0.25) is 0 Å². The van der Waals surface area contributed by atoms with Crippen molar-refractivity contribution in [2.75, 3.05) is 7.11 Å². The number of fused-ring (bicyclic) bond motifs is 3. The van der Waals surface area contributed by atoms with Gasteiger partial charge in [0.15, 0.2) is 0 Å². The molecule has 0 amide bonds. The summed E-state index contributed by atoms with van der Waals surface area (Å²) in [6, 6.07) is 11.7. The zero-order valence-corrected chi connectivity index (χ0v) is 13.7. The Bertz CT molecular complexity index is 1280. The van der Waals surface area contributed by atoms with Gasteiger partial charge in [0.25, 0.3) is 0 Å². The smallest absolute Gasteiger partial charge is 0.350 e. The van der Waals surface area contributed by atoms with Crippen LogP contribution in [-0.2, 0) is 0 Å². The number of aromatic hydroxyl groups is 1. The molecule has 0 atom stereocenters. The van der Waals surface area contributed by atoms with Crippen molar-refractivity contribution >= 4 is 28.2 Å². The molecule has 0 saturated heterocycles. The first-order valence-corrected chi connectivity index (χ1v) is 7.75. The summed E-state index contributed by atoms with van der Waals surface area (Å²) in [4.78, 5) is 30.7. The molecule has 130 valence electrons. The van der Waals surface area contributed by atoms with Crippen LogP contribution in [-0.4, -0.2) is 33.1 Å². The van der Waals surface area contributed by atoms with E-state index in [2.05, 4.69) is 15.1 Å². The molecule has 0 fully saturated rings. The third kappa shape index (κ3) is 2.44. The molecule has 0 radical (unpaired) electrons. The SMILES string of the molecule is COc1ccc2c(c1)[nH]c1c(=O)n(N=Cc3ccccc3O)c(=O)[nH]c12. The van der Waals surface area contributed by atoms with Crippen LogP contribution in [0, 0.1) is 0 Å². The van der Waals surface area contributed by atoms with Crippen molar-refractivity contribution in [3.05, 3.63) is 68.9 Å². The first kappa shape index (κ1) is 15.7. The summed E-state index contributed by atoms with van der Waals surface area (Å²) in [5, 5.41) is 14.4. The number of benzene rings is 2. The predicted molar refractivity (Wildman–Crippen MR) is 98.3 cm³/mol. The third-order valence-electron chi connectivity index (χ3n) is 4.09. The number of aromatic amines is 2. The Hall–Kier alpha value is -3.81. The van der Waals surface area contributed by atoms with Crippen LogP contribution in [0.4, 0.5) is 0 Å². The highest BCUT2D eigenvalue weighted by atomic mass is 16.5. The minimum atomic E-state index is -0.675. The van der Waals surface area contributed by atoms with E-state index in [0.717, 1.165) is 0 Å². The number of para-hydroxylation sites is 1. The molecule has 0 unspecified atom stereocenters. The summed E-state index contributed by atoms with van der Waals surface area (Å²) in [6.45, 7) is 0. The highest BCUT2D eigenvalue weighted by Gasteiger charge is 2.13. The molecule has 0 saturated carbocycles. The van der Waals surface area contributed by atoms with E-state index < -0.39 is 11.2 Å². The number of rotatable bonds is 3. The first-order chi connectivity index (χ1) is 12.6. The second-order valence-electron chi connectivity index (χ2n) is 5.64.